The highest BCUT2D eigenvalue weighted by atomic mass is 16.2. The van der Waals surface area contributed by atoms with E-state index in [0.717, 1.165) is 19.4 Å². The van der Waals surface area contributed by atoms with E-state index in [2.05, 4.69) is 41.3 Å². The molecule has 4 rings (SSSR count). The molecule has 6 heteroatoms. The van der Waals surface area contributed by atoms with E-state index in [1.54, 1.807) is 0 Å². The van der Waals surface area contributed by atoms with Gasteiger partial charge in [0.2, 0.25) is 11.8 Å². The molecule has 1 aliphatic carbocycles. The molecular formula is C19H24N4O2. The molecule has 2 aliphatic rings. The fraction of sp³-hybridized carbons (Fsp3) is 0.474. The lowest BCUT2D eigenvalue weighted by Gasteiger charge is -2.46. The number of likely N-dealkylation sites (N-methyl/N-ethyl adjacent to an activating group) is 1. The largest absolute Gasteiger partial charge is 0.369 e. The molecule has 1 fully saturated rings. The fourth-order valence-electron chi connectivity index (χ4n) is 4.93. The lowest BCUT2D eigenvalue weighted by atomic mass is 9.71. The molecular weight excluding hydrogens is 316 g/mol. The number of nitrogens with two attached hydrogens (primary N) is 2. The number of H-pyrrole nitrogens is 1. The van der Waals surface area contributed by atoms with Crippen LogP contribution in [0.25, 0.3) is 10.9 Å². The maximum atomic E-state index is 11.6. The minimum Gasteiger partial charge on any atom is -0.369 e. The Labute approximate surface area is 146 Å². The molecule has 1 aromatic carbocycles. The van der Waals surface area contributed by atoms with Crippen LogP contribution in [0.1, 0.15) is 29.9 Å². The Morgan fingerprint density at radius 2 is 2.08 bits per heavy atom. The molecule has 3 atom stereocenters. The van der Waals surface area contributed by atoms with Crippen LogP contribution in [0.15, 0.2) is 24.4 Å². The highest BCUT2D eigenvalue weighted by Crippen LogP contribution is 2.45. The second-order valence-corrected chi connectivity index (χ2v) is 7.60. The molecule has 1 saturated heterocycles. The van der Waals surface area contributed by atoms with E-state index in [1.165, 1.54) is 22.0 Å². The third kappa shape index (κ3) is 2.61. The second kappa shape index (κ2) is 5.88. The first-order valence-corrected chi connectivity index (χ1v) is 8.83. The van der Waals surface area contributed by atoms with Crippen LogP contribution < -0.4 is 11.5 Å². The lowest BCUT2D eigenvalue weighted by molar-refractivity contribution is -0.132. The predicted molar refractivity (Wildman–Crippen MR) is 95.8 cm³/mol. The first-order valence-electron chi connectivity index (χ1n) is 8.83. The number of piperidine rings is 1. The van der Waals surface area contributed by atoms with Gasteiger partial charge in [0.25, 0.3) is 0 Å². The van der Waals surface area contributed by atoms with Gasteiger partial charge in [0.1, 0.15) is 5.92 Å². The summed E-state index contributed by atoms with van der Waals surface area (Å²) in [5.41, 5.74) is 14.7. The summed E-state index contributed by atoms with van der Waals surface area (Å²) in [6, 6.07) is 6.88. The summed E-state index contributed by atoms with van der Waals surface area (Å²) in [5.74, 6) is -1.48. The zero-order valence-electron chi connectivity index (χ0n) is 14.4. The Balaban J connectivity index is 1.65. The number of aromatic nitrogens is 1. The maximum Gasteiger partial charge on any atom is 0.229 e. The summed E-state index contributed by atoms with van der Waals surface area (Å²) in [6.45, 7) is 0.855. The molecule has 0 saturated carbocycles. The van der Waals surface area contributed by atoms with Crippen LogP contribution in [0.5, 0.6) is 0 Å². The molecule has 2 heterocycles. The molecule has 2 amide bonds. The van der Waals surface area contributed by atoms with E-state index in [0.29, 0.717) is 18.4 Å². The Hall–Kier alpha value is -2.34. The predicted octanol–water partition coefficient (Wildman–Crippen LogP) is 1.10. The van der Waals surface area contributed by atoms with Gasteiger partial charge in [0, 0.05) is 35.6 Å². The number of primary amides is 2. The number of fused-ring (bicyclic) bond motifs is 2. The van der Waals surface area contributed by atoms with Crippen LogP contribution in [0, 0.1) is 11.8 Å². The Morgan fingerprint density at radius 3 is 2.80 bits per heavy atom. The zero-order chi connectivity index (χ0) is 17.7. The Morgan fingerprint density at radius 1 is 1.32 bits per heavy atom. The third-order valence-electron chi connectivity index (χ3n) is 6.07. The number of hydrogen-bond donors (Lipinski definition) is 3. The maximum absolute atomic E-state index is 11.6. The molecule has 5 N–H and O–H groups in total. The fourth-order valence-corrected chi connectivity index (χ4v) is 4.93. The number of likely N-dealkylation sites (tertiary alicyclic amines) is 1. The second-order valence-electron chi connectivity index (χ2n) is 7.60. The lowest BCUT2D eigenvalue weighted by Crippen LogP contribution is -2.49. The van der Waals surface area contributed by atoms with Crippen molar-refractivity contribution < 1.29 is 9.59 Å². The average molecular weight is 340 g/mol. The van der Waals surface area contributed by atoms with Crippen LogP contribution in [-0.4, -0.2) is 41.3 Å². The van der Waals surface area contributed by atoms with Crippen LogP contribution >= 0.6 is 0 Å². The number of amides is 2. The molecule has 2 aromatic rings. The molecule has 6 nitrogen and oxygen atoms in total. The van der Waals surface area contributed by atoms with E-state index >= 15 is 0 Å². The van der Waals surface area contributed by atoms with E-state index in [-0.39, 0.29) is 5.92 Å². The summed E-state index contributed by atoms with van der Waals surface area (Å²) in [7, 11) is 2.13. The number of benzene rings is 1. The number of rotatable bonds is 4. The molecule has 1 aromatic heterocycles. The van der Waals surface area contributed by atoms with E-state index in [1.807, 2.05) is 0 Å². The van der Waals surface area contributed by atoms with Crippen molar-refractivity contribution in [2.45, 2.75) is 31.2 Å². The van der Waals surface area contributed by atoms with Crippen molar-refractivity contribution >= 4 is 22.7 Å². The highest BCUT2D eigenvalue weighted by molar-refractivity contribution is 5.98. The van der Waals surface area contributed by atoms with Gasteiger partial charge in [0.05, 0.1) is 0 Å². The smallest absolute Gasteiger partial charge is 0.229 e. The van der Waals surface area contributed by atoms with Gasteiger partial charge < -0.3 is 21.4 Å². The van der Waals surface area contributed by atoms with Crippen LogP contribution in [0.3, 0.4) is 0 Å². The number of aromatic amines is 1. The standard InChI is InChI=1S/C19H24N4O2/c1-23-9-10(6-14(18(20)24)19(21)25)5-13-12-3-2-4-15-17(12)11(8-22-15)7-16(13)23/h2-4,8,10,13-14,16,22H,5-7,9H2,1H3,(H2,20,24)(H2,21,25)/t10-,13+,16+/m0/s1. The van der Waals surface area contributed by atoms with Crippen molar-refractivity contribution in [3.8, 4) is 0 Å². The Kier molecular flexibility index (Phi) is 3.80. The first-order chi connectivity index (χ1) is 12.0. The molecule has 132 valence electrons. The van der Waals surface area contributed by atoms with Gasteiger partial charge in [-0.05, 0) is 49.4 Å². The molecule has 0 bridgehead atoms. The molecule has 0 spiro atoms. The van der Waals surface area contributed by atoms with Crippen molar-refractivity contribution in [1.82, 2.24) is 9.88 Å². The normalized spacial score (nSPS) is 25.9. The van der Waals surface area contributed by atoms with Gasteiger partial charge in [-0.2, -0.15) is 0 Å². The number of nitrogens with one attached hydrogen (secondary N) is 1. The van der Waals surface area contributed by atoms with Crippen LogP contribution in [0.4, 0.5) is 0 Å². The van der Waals surface area contributed by atoms with E-state index in [4.69, 9.17) is 11.5 Å². The number of nitrogens with zero attached hydrogens (tertiary/aromatic N) is 1. The quantitative estimate of drug-likeness (QED) is 0.726. The van der Waals surface area contributed by atoms with Crippen molar-refractivity contribution in [3.05, 3.63) is 35.5 Å². The minimum absolute atomic E-state index is 0.229. The summed E-state index contributed by atoms with van der Waals surface area (Å²) in [6.07, 6.45) is 4.55. The molecule has 1 aliphatic heterocycles. The van der Waals surface area contributed by atoms with Crippen LogP contribution in [-0.2, 0) is 16.0 Å². The highest BCUT2D eigenvalue weighted by Gasteiger charge is 2.40. The number of carbonyl (C=O) groups is 2. The summed E-state index contributed by atoms with van der Waals surface area (Å²) in [4.78, 5) is 28.9. The zero-order valence-corrected chi connectivity index (χ0v) is 14.4. The minimum atomic E-state index is -0.878. The van der Waals surface area contributed by atoms with Crippen LogP contribution in [0.2, 0.25) is 0 Å². The average Bonchev–Trinajstić information content (AvgIpc) is 2.98. The SMILES string of the molecule is CN1C[C@H](CC(C(N)=O)C(N)=O)C[C@@H]2c3cccc4[nH]cc(c34)C[C@H]21. The number of hydrogen-bond acceptors (Lipinski definition) is 3. The summed E-state index contributed by atoms with van der Waals surface area (Å²) in [5, 5.41) is 1.35. The topological polar surface area (TPSA) is 105 Å². The Bertz CT molecular complexity index is 829. The molecule has 0 radical (unpaired) electrons. The number of carbonyl (C=O) groups excluding carboxylic acids is 2. The van der Waals surface area contributed by atoms with Gasteiger partial charge in [-0.25, -0.2) is 0 Å². The monoisotopic (exact) mass is 340 g/mol. The summed E-state index contributed by atoms with van der Waals surface area (Å²) < 4.78 is 0. The van der Waals surface area contributed by atoms with Crippen molar-refractivity contribution in [1.29, 1.82) is 0 Å². The summed E-state index contributed by atoms with van der Waals surface area (Å²) >= 11 is 0. The van der Waals surface area contributed by atoms with Gasteiger partial charge in [-0.1, -0.05) is 12.1 Å². The van der Waals surface area contributed by atoms with Gasteiger partial charge in [-0.15, -0.1) is 0 Å². The molecule has 25 heavy (non-hydrogen) atoms. The third-order valence-corrected chi connectivity index (χ3v) is 6.07. The first kappa shape index (κ1) is 16.1. The van der Waals surface area contributed by atoms with E-state index < -0.39 is 17.7 Å². The van der Waals surface area contributed by atoms with Gasteiger partial charge in [0.15, 0.2) is 0 Å². The van der Waals surface area contributed by atoms with Crippen molar-refractivity contribution in [3.63, 3.8) is 0 Å². The molecule has 0 unspecified atom stereocenters. The van der Waals surface area contributed by atoms with E-state index in [9.17, 15) is 9.59 Å². The van der Waals surface area contributed by atoms with Crippen molar-refractivity contribution in [2.75, 3.05) is 13.6 Å². The van der Waals surface area contributed by atoms with Crippen molar-refractivity contribution in [2.24, 2.45) is 23.3 Å². The van der Waals surface area contributed by atoms with Gasteiger partial charge >= 0.3 is 0 Å². The van der Waals surface area contributed by atoms with Gasteiger partial charge in [-0.3, -0.25) is 9.59 Å².